The van der Waals surface area contributed by atoms with Gasteiger partial charge in [0.1, 0.15) is 11.5 Å². The van der Waals surface area contributed by atoms with Crippen molar-refractivity contribution in [1.82, 2.24) is 0 Å². The Bertz CT molecular complexity index is 690. The van der Waals surface area contributed by atoms with E-state index in [1.807, 2.05) is 39.0 Å². The Morgan fingerprint density at radius 2 is 1.57 bits per heavy atom. The topological polar surface area (TPSA) is 35.5 Å². The van der Waals surface area contributed by atoms with Gasteiger partial charge in [-0.05, 0) is 52.6 Å². The number of hydrogen-bond donors (Lipinski definition) is 0. The molecule has 0 N–H and O–H groups in total. The summed E-state index contributed by atoms with van der Waals surface area (Å²) in [5.41, 5.74) is 4.20. The van der Waals surface area contributed by atoms with Gasteiger partial charge in [0.15, 0.2) is 5.52 Å². The van der Waals surface area contributed by atoms with Gasteiger partial charge in [0.05, 0.1) is 14.2 Å². The van der Waals surface area contributed by atoms with Crippen LogP contribution in [0.2, 0.25) is 0 Å². The quantitative estimate of drug-likeness (QED) is 0.626. The molecular formula is C18H22LiO3P. The van der Waals surface area contributed by atoms with Gasteiger partial charge in [-0.3, -0.25) is 4.79 Å². The Balaban J connectivity index is 0.00000264. The van der Waals surface area contributed by atoms with Gasteiger partial charge in [-0.15, -0.1) is 0 Å². The van der Waals surface area contributed by atoms with E-state index in [4.69, 9.17) is 9.47 Å². The first kappa shape index (κ1) is 19.8. The van der Waals surface area contributed by atoms with E-state index in [0.29, 0.717) is 5.75 Å². The summed E-state index contributed by atoms with van der Waals surface area (Å²) in [7, 11) is 3.25. The van der Waals surface area contributed by atoms with Gasteiger partial charge in [-0.2, -0.15) is 0 Å². The summed E-state index contributed by atoms with van der Waals surface area (Å²) < 4.78 is 10.6. The zero-order valence-corrected chi connectivity index (χ0v) is 14.6. The molecule has 118 valence electrons. The van der Waals surface area contributed by atoms with Crippen molar-refractivity contribution in [3.05, 3.63) is 52.6 Å². The molecule has 0 fully saturated rings. The summed E-state index contributed by atoms with van der Waals surface area (Å²) in [6.45, 7) is 6.02. The molecule has 1 atom stereocenters. The predicted molar refractivity (Wildman–Crippen MR) is 99.6 cm³/mol. The minimum absolute atomic E-state index is 0. The van der Waals surface area contributed by atoms with Crippen LogP contribution in [0.15, 0.2) is 30.3 Å². The van der Waals surface area contributed by atoms with Gasteiger partial charge >= 0.3 is 18.9 Å². The molecule has 5 heteroatoms. The van der Waals surface area contributed by atoms with Crippen LogP contribution >= 0.6 is 8.58 Å². The average Bonchev–Trinajstić information content (AvgIpc) is 2.46. The monoisotopic (exact) mass is 324 g/mol. The van der Waals surface area contributed by atoms with Crippen LogP contribution in [0, 0.1) is 20.8 Å². The van der Waals surface area contributed by atoms with Crippen LogP contribution in [0.4, 0.5) is 0 Å². The molecule has 2 aromatic rings. The fourth-order valence-corrected chi connectivity index (χ4v) is 3.85. The zero-order valence-electron chi connectivity index (χ0n) is 13.6. The van der Waals surface area contributed by atoms with Crippen molar-refractivity contribution in [3.8, 4) is 11.5 Å². The predicted octanol–water partition coefficient (Wildman–Crippen LogP) is 3.12. The fourth-order valence-electron chi connectivity index (χ4n) is 2.62. The number of rotatable bonds is 5. The standard InChI is InChI=1S/C18H21O3P.Li.H/c1-11-8-12(2)17(13(3)9-11)18(19)22-16-7-6-14(20-4)10-15(16)21-5;;/h6-10,22H,1-5H3;;. The summed E-state index contributed by atoms with van der Waals surface area (Å²) in [6, 6.07) is 9.66. The molecule has 0 radical (unpaired) electrons. The molecule has 2 rings (SSSR count). The van der Waals surface area contributed by atoms with Crippen molar-refractivity contribution < 1.29 is 14.3 Å². The third-order valence-corrected chi connectivity index (χ3v) is 4.72. The fraction of sp³-hybridized carbons (Fsp3) is 0.278. The number of aryl methyl sites for hydroxylation is 3. The van der Waals surface area contributed by atoms with E-state index in [1.165, 1.54) is 5.56 Å². The van der Waals surface area contributed by atoms with Crippen LogP contribution < -0.4 is 14.8 Å². The summed E-state index contributed by atoms with van der Waals surface area (Å²) >= 11 is 0. The van der Waals surface area contributed by atoms with Crippen molar-refractivity contribution in [1.29, 1.82) is 0 Å². The molecule has 0 saturated heterocycles. The number of carbonyl (C=O) groups excluding carboxylic acids is 1. The van der Waals surface area contributed by atoms with Gasteiger partial charge < -0.3 is 9.47 Å². The van der Waals surface area contributed by atoms with Crippen LogP contribution in [-0.4, -0.2) is 38.6 Å². The number of benzene rings is 2. The zero-order chi connectivity index (χ0) is 16.3. The van der Waals surface area contributed by atoms with Crippen LogP contribution in [-0.2, 0) is 0 Å². The van der Waals surface area contributed by atoms with Crippen molar-refractivity contribution in [3.63, 3.8) is 0 Å². The van der Waals surface area contributed by atoms with Crippen molar-refractivity contribution >= 4 is 38.3 Å². The molecule has 23 heavy (non-hydrogen) atoms. The van der Waals surface area contributed by atoms with Crippen molar-refractivity contribution in [2.24, 2.45) is 0 Å². The normalized spacial score (nSPS) is 10.5. The van der Waals surface area contributed by atoms with E-state index in [-0.39, 0.29) is 33.0 Å². The summed E-state index contributed by atoms with van der Waals surface area (Å²) in [5, 5.41) is 0.896. The Kier molecular flexibility index (Phi) is 7.35. The van der Waals surface area contributed by atoms with Gasteiger partial charge in [-0.25, -0.2) is 0 Å². The molecule has 3 nitrogen and oxygen atoms in total. The van der Waals surface area contributed by atoms with E-state index < -0.39 is 0 Å². The molecule has 0 aliphatic carbocycles. The second-order valence-electron chi connectivity index (χ2n) is 5.29. The first-order valence-electron chi connectivity index (χ1n) is 7.07. The molecular weight excluding hydrogens is 302 g/mol. The molecule has 0 amide bonds. The van der Waals surface area contributed by atoms with E-state index in [9.17, 15) is 4.79 Å². The summed E-state index contributed by atoms with van der Waals surface area (Å²) in [6.07, 6.45) is 0. The molecule has 0 saturated carbocycles. The number of hydrogen-bond acceptors (Lipinski definition) is 3. The van der Waals surface area contributed by atoms with Crippen molar-refractivity contribution in [2.75, 3.05) is 14.2 Å². The second-order valence-corrected chi connectivity index (χ2v) is 6.54. The Hall–Kier alpha value is -1.26. The first-order chi connectivity index (χ1) is 10.5. The number of methoxy groups -OCH3 is 2. The molecule has 2 aromatic carbocycles. The molecule has 0 spiro atoms. The number of ether oxygens (including phenoxy) is 2. The van der Waals surface area contributed by atoms with E-state index >= 15 is 0 Å². The van der Waals surface area contributed by atoms with Crippen LogP contribution in [0.1, 0.15) is 27.0 Å². The van der Waals surface area contributed by atoms with Crippen LogP contribution in [0.5, 0.6) is 11.5 Å². The van der Waals surface area contributed by atoms with Crippen molar-refractivity contribution in [2.45, 2.75) is 20.8 Å². The summed E-state index contributed by atoms with van der Waals surface area (Å²) in [5.74, 6) is 1.41. The Morgan fingerprint density at radius 3 is 2.09 bits per heavy atom. The van der Waals surface area contributed by atoms with E-state index in [0.717, 1.165) is 27.7 Å². The molecule has 0 aliphatic heterocycles. The average molecular weight is 324 g/mol. The first-order valence-corrected chi connectivity index (χ1v) is 8.07. The Morgan fingerprint density at radius 1 is 0.957 bits per heavy atom. The minimum atomic E-state index is 0. The van der Waals surface area contributed by atoms with Crippen LogP contribution in [0.3, 0.4) is 0 Å². The molecule has 0 aromatic heterocycles. The Labute approximate surface area is 151 Å². The third-order valence-electron chi connectivity index (χ3n) is 3.56. The molecule has 0 heterocycles. The maximum absolute atomic E-state index is 12.7. The third kappa shape index (κ3) is 4.61. The molecule has 0 aliphatic rings. The molecule has 0 bridgehead atoms. The van der Waals surface area contributed by atoms with E-state index in [2.05, 4.69) is 12.1 Å². The van der Waals surface area contributed by atoms with Gasteiger partial charge in [-0.1, -0.05) is 17.7 Å². The maximum atomic E-state index is 12.7. The van der Waals surface area contributed by atoms with E-state index in [1.54, 1.807) is 14.2 Å². The second kappa shape index (κ2) is 8.55. The summed E-state index contributed by atoms with van der Waals surface area (Å²) in [4.78, 5) is 12.7. The van der Waals surface area contributed by atoms with Crippen LogP contribution in [0.25, 0.3) is 0 Å². The van der Waals surface area contributed by atoms with Gasteiger partial charge in [0.2, 0.25) is 0 Å². The molecule has 1 unspecified atom stereocenters. The van der Waals surface area contributed by atoms with Gasteiger partial charge in [0, 0.05) is 16.9 Å². The number of carbonyl (C=O) groups is 1. The van der Waals surface area contributed by atoms with Gasteiger partial charge in [0.25, 0.3) is 0 Å². The SMILES string of the molecule is COc1ccc(PC(=O)c2c(C)cc(C)cc2C)c(OC)c1.[LiH].